The van der Waals surface area contributed by atoms with Crippen molar-refractivity contribution >= 4 is 0 Å². The second-order valence-electron chi connectivity index (χ2n) is 4.22. The molecule has 4 nitrogen and oxygen atoms in total. The first-order valence-corrected chi connectivity index (χ1v) is 5.87. The Balaban J connectivity index is 2.17. The molecule has 1 unspecified atom stereocenters. The standard InChI is InChI=1S/C13H18N4/c1-3-13-11(9-17(2)16-13)12(14)8-10-4-6-15-7-5-10/h4-7,9,12H,3,8,14H2,1-2H3. The Morgan fingerprint density at radius 2 is 2.06 bits per heavy atom. The van der Waals surface area contributed by atoms with Crippen LogP contribution < -0.4 is 5.73 Å². The van der Waals surface area contributed by atoms with E-state index in [9.17, 15) is 0 Å². The molecule has 2 rings (SSSR count). The van der Waals surface area contributed by atoms with E-state index in [1.54, 1.807) is 12.4 Å². The van der Waals surface area contributed by atoms with Crippen LogP contribution in [-0.2, 0) is 19.9 Å². The van der Waals surface area contributed by atoms with Crippen LogP contribution in [0.2, 0.25) is 0 Å². The van der Waals surface area contributed by atoms with E-state index in [0.717, 1.165) is 24.1 Å². The van der Waals surface area contributed by atoms with Crippen LogP contribution in [0.3, 0.4) is 0 Å². The molecule has 0 radical (unpaired) electrons. The SMILES string of the molecule is CCc1nn(C)cc1C(N)Cc1ccncc1. The summed E-state index contributed by atoms with van der Waals surface area (Å²) in [6, 6.07) is 4.00. The van der Waals surface area contributed by atoms with Gasteiger partial charge in [-0.25, -0.2) is 0 Å². The van der Waals surface area contributed by atoms with Crippen molar-refractivity contribution in [1.82, 2.24) is 14.8 Å². The predicted molar refractivity (Wildman–Crippen MR) is 67.5 cm³/mol. The fraction of sp³-hybridized carbons (Fsp3) is 0.385. The van der Waals surface area contributed by atoms with Gasteiger partial charge in [-0.2, -0.15) is 5.10 Å². The minimum absolute atomic E-state index is 0.000972. The summed E-state index contributed by atoms with van der Waals surface area (Å²) in [5.41, 5.74) is 9.69. The number of pyridine rings is 1. The molecule has 2 aromatic heterocycles. The summed E-state index contributed by atoms with van der Waals surface area (Å²) >= 11 is 0. The molecular weight excluding hydrogens is 212 g/mol. The van der Waals surface area contributed by atoms with Gasteiger partial charge in [0.2, 0.25) is 0 Å². The van der Waals surface area contributed by atoms with Crippen LogP contribution in [0, 0.1) is 0 Å². The molecule has 0 saturated heterocycles. The predicted octanol–water partition coefficient (Wildman–Crippen LogP) is 1.62. The highest BCUT2D eigenvalue weighted by atomic mass is 15.3. The second kappa shape index (κ2) is 5.10. The first-order chi connectivity index (χ1) is 8.20. The summed E-state index contributed by atoms with van der Waals surface area (Å²) in [5, 5.41) is 4.42. The van der Waals surface area contributed by atoms with Crippen LogP contribution in [0.5, 0.6) is 0 Å². The fourth-order valence-electron chi connectivity index (χ4n) is 2.02. The lowest BCUT2D eigenvalue weighted by molar-refractivity contribution is 0.711. The topological polar surface area (TPSA) is 56.7 Å². The molecule has 2 heterocycles. The molecule has 0 fully saturated rings. The smallest absolute Gasteiger partial charge is 0.0669 e. The molecule has 1 atom stereocenters. The molecule has 0 aliphatic heterocycles. The number of hydrogen-bond donors (Lipinski definition) is 1. The summed E-state index contributed by atoms with van der Waals surface area (Å²) in [4.78, 5) is 4.01. The Kier molecular flexibility index (Phi) is 3.54. The largest absolute Gasteiger partial charge is 0.324 e. The Labute approximate surface area is 101 Å². The van der Waals surface area contributed by atoms with Crippen molar-refractivity contribution in [3.63, 3.8) is 0 Å². The summed E-state index contributed by atoms with van der Waals surface area (Å²) in [6.07, 6.45) is 7.35. The van der Waals surface area contributed by atoms with E-state index in [4.69, 9.17) is 5.73 Å². The molecule has 0 saturated carbocycles. The van der Waals surface area contributed by atoms with Crippen molar-refractivity contribution < 1.29 is 0 Å². The average Bonchev–Trinajstić information content (AvgIpc) is 2.72. The van der Waals surface area contributed by atoms with E-state index < -0.39 is 0 Å². The van der Waals surface area contributed by atoms with Gasteiger partial charge in [0, 0.05) is 37.2 Å². The minimum atomic E-state index is 0.000972. The van der Waals surface area contributed by atoms with Crippen molar-refractivity contribution in [2.24, 2.45) is 12.8 Å². The molecule has 0 aromatic carbocycles. The maximum Gasteiger partial charge on any atom is 0.0669 e. The zero-order chi connectivity index (χ0) is 12.3. The van der Waals surface area contributed by atoms with Crippen molar-refractivity contribution in [3.05, 3.63) is 47.5 Å². The summed E-state index contributed by atoms with van der Waals surface area (Å²) in [5.74, 6) is 0. The molecule has 17 heavy (non-hydrogen) atoms. The molecule has 2 aromatic rings. The highest BCUT2D eigenvalue weighted by Crippen LogP contribution is 2.19. The van der Waals surface area contributed by atoms with Crippen LogP contribution >= 0.6 is 0 Å². The Bertz CT molecular complexity index is 475. The number of rotatable bonds is 4. The number of aryl methyl sites for hydroxylation is 2. The quantitative estimate of drug-likeness (QED) is 0.868. The summed E-state index contributed by atoms with van der Waals surface area (Å²) < 4.78 is 1.83. The number of hydrogen-bond acceptors (Lipinski definition) is 3. The van der Waals surface area contributed by atoms with Crippen LogP contribution in [0.15, 0.2) is 30.7 Å². The van der Waals surface area contributed by atoms with E-state index >= 15 is 0 Å². The average molecular weight is 230 g/mol. The fourth-order valence-corrected chi connectivity index (χ4v) is 2.02. The molecule has 4 heteroatoms. The monoisotopic (exact) mass is 230 g/mol. The van der Waals surface area contributed by atoms with Crippen LogP contribution in [0.1, 0.15) is 29.8 Å². The normalized spacial score (nSPS) is 12.6. The first kappa shape index (κ1) is 11.8. The highest BCUT2D eigenvalue weighted by Gasteiger charge is 2.14. The van der Waals surface area contributed by atoms with E-state index in [2.05, 4.69) is 17.0 Å². The second-order valence-corrected chi connectivity index (χ2v) is 4.22. The Morgan fingerprint density at radius 1 is 1.35 bits per heavy atom. The lowest BCUT2D eigenvalue weighted by atomic mass is 10.0. The molecule has 2 N–H and O–H groups in total. The van der Waals surface area contributed by atoms with Crippen molar-refractivity contribution in [2.75, 3.05) is 0 Å². The van der Waals surface area contributed by atoms with E-state index in [0.29, 0.717) is 0 Å². The summed E-state index contributed by atoms with van der Waals surface area (Å²) in [6.45, 7) is 2.10. The molecule has 0 amide bonds. The Hall–Kier alpha value is -1.68. The van der Waals surface area contributed by atoms with Gasteiger partial charge >= 0.3 is 0 Å². The number of nitrogens with zero attached hydrogens (tertiary/aromatic N) is 3. The third kappa shape index (κ3) is 2.71. The number of nitrogens with two attached hydrogens (primary N) is 1. The molecular formula is C13H18N4. The van der Waals surface area contributed by atoms with Gasteiger partial charge in [-0.1, -0.05) is 6.92 Å². The van der Waals surface area contributed by atoms with Crippen LogP contribution in [-0.4, -0.2) is 14.8 Å². The zero-order valence-corrected chi connectivity index (χ0v) is 10.3. The van der Waals surface area contributed by atoms with Gasteiger partial charge in [-0.05, 0) is 30.5 Å². The minimum Gasteiger partial charge on any atom is -0.324 e. The van der Waals surface area contributed by atoms with Gasteiger partial charge in [0.25, 0.3) is 0 Å². The molecule has 0 aliphatic rings. The highest BCUT2D eigenvalue weighted by molar-refractivity contribution is 5.24. The maximum absolute atomic E-state index is 6.24. The van der Waals surface area contributed by atoms with Gasteiger partial charge < -0.3 is 5.73 Å². The van der Waals surface area contributed by atoms with Crippen molar-refractivity contribution in [2.45, 2.75) is 25.8 Å². The lowest BCUT2D eigenvalue weighted by Crippen LogP contribution is -2.14. The Morgan fingerprint density at radius 3 is 2.71 bits per heavy atom. The lowest BCUT2D eigenvalue weighted by Gasteiger charge is -2.11. The van der Waals surface area contributed by atoms with Crippen LogP contribution in [0.4, 0.5) is 0 Å². The van der Waals surface area contributed by atoms with Gasteiger partial charge in [0.15, 0.2) is 0 Å². The summed E-state index contributed by atoms with van der Waals surface area (Å²) in [7, 11) is 1.93. The van der Waals surface area contributed by atoms with E-state index in [1.807, 2.05) is 30.1 Å². The van der Waals surface area contributed by atoms with E-state index in [-0.39, 0.29) is 6.04 Å². The van der Waals surface area contributed by atoms with Gasteiger partial charge in [-0.3, -0.25) is 9.67 Å². The third-order valence-corrected chi connectivity index (χ3v) is 2.88. The molecule has 0 bridgehead atoms. The third-order valence-electron chi connectivity index (χ3n) is 2.88. The molecule has 0 aliphatic carbocycles. The van der Waals surface area contributed by atoms with Gasteiger partial charge in [-0.15, -0.1) is 0 Å². The van der Waals surface area contributed by atoms with E-state index in [1.165, 1.54) is 5.56 Å². The van der Waals surface area contributed by atoms with Crippen LogP contribution in [0.25, 0.3) is 0 Å². The van der Waals surface area contributed by atoms with Crippen molar-refractivity contribution in [1.29, 1.82) is 0 Å². The maximum atomic E-state index is 6.24. The van der Waals surface area contributed by atoms with Crippen molar-refractivity contribution in [3.8, 4) is 0 Å². The van der Waals surface area contributed by atoms with Gasteiger partial charge in [0.05, 0.1) is 5.69 Å². The molecule has 90 valence electrons. The molecule has 0 spiro atoms. The zero-order valence-electron chi connectivity index (χ0n) is 10.3. The first-order valence-electron chi connectivity index (χ1n) is 5.87. The van der Waals surface area contributed by atoms with Gasteiger partial charge in [0.1, 0.15) is 0 Å². The number of aromatic nitrogens is 3.